The number of hydrogen-bond acceptors (Lipinski definition) is 3. The Labute approximate surface area is 128 Å². The van der Waals surface area contributed by atoms with Gasteiger partial charge in [0.2, 0.25) is 5.54 Å². The van der Waals surface area contributed by atoms with E-state index >= 15 is 0 Å². The minimum Gasteiger partial charge on any atom is -0.494 e. The standard InChI is InChI=1S/C17H16F2N2O/c1-2-22-15-10-8-14(9-11-15)21-17(12-20,16(18)19)13-6-4-3-5-7-13/h3-11,16,21H,2H2,1H3. The van der Waals surface area contributed by atoms with Crippen molar-refractivity contribution in [3.05, 3.63) is 60.2 Å². The molecule has 0 aliphatic rings. The second-order valence-corrected chi connectivity index (χ2v) is 4.67. The van der Waals surface area contributed by atoms with Crippen LogP contribution in [0.4, 0.5) is 14.5 Å². The highest BCUT2D eigenvalue weighted by Gasteiger charge is 2.42. The summed E-state index contributed by atoms with van der Waals surface area (Å²) in [5.41, 5.74) is -1.44. The molecule has 0 saturated carbocycles. The van der Waals surface area contributed by atoms with Gasteiger partial charge in [-0.15, -0.1) is 0 Å². The fourth-order valence-electron chi connectivity index (χ4n) is 2.12. The predicted molar refractivity (Wildman–Crippen MR) is 81.0 cm³/mol. The normalized spacial score (nSPS) is 13.2. The molecule has 0 aromatic heterocycles. The lowest BCUT2D eigenvalue weighted by molar-refractivity contribution is 0.0928. The van der Waals surface area contributed by atoms with Crippen LogP contribution in [0.2, 0.25) is 0 Å². The lowest BCUT2D eigenvalue weighted by Crippen LogP contribution is -2.41. The molecular formula is C17H16F2N2O. The number of nitriles is 1. The van der Waals surface area contributed by atoms with Gasteiger partial charge in [-0.1, -0.05) is 30.3 Å². The van der Waals surface area contributed by atoms with Gasteiger partial charge < -0.3 is 10.1 Å². The Morgan fingerprint density at radius 3 is 2.27 bits per heavy atom. The summed E-state index contributed by atoms with van der Waals surface area (Å²) in [6.07, 6.45) is -2.88. The number of rotatable bonds is 6. The fourth-order valence-corrected chi connectivity index (χ4v) is 2.12. The molecule has 2 aromatic rings. The molecule has 1 atom stereocenters. The van der Waals surface area contributed by atoms with E-state index in [0.29, 0.717) is 18.0 Å². The van der Waals surface area contributed by atoms with Crippen LogP contribution >= 0.6 is 0 Å². The highest BCUT2D eigenvalue weighted by Crippen LogP contribution is 2.32. The Kier molecular flexibility index (Phi) is 4.95. The summed E-state index contributed by atoms with van der Waals surface area (Å²) in [6, 6.07) is 16.3. The van der Waals surface area contributed by atoms with Crippen LogP contribution in [-0.2, 0) is 5.54 Å². The van der Waals surface area contributed by atoms with Crippen molar-refractivity contribution in [3.8, 4) is 11.8 Å². The summed E-state index contributed by atoms with van der Waals surface area (Å²) in [4.78, 5) is 0. The number of hydrogen-bond donors (Lipinski definition) is 1. The molecule has 2 rings (SSSR count). The first-order valence-corrected chi connectivity index (χ1v) is 6.88. The van der Waals surface area contributed by atoms with E-state index in [1.807, 2.05) is 6.92 Å². The molecule has 0 spiro atoms. The smallest absolute Gasteiger partial charge is 0.278 e. The van der Waals surface area contributed by atoms with Gasteiger partial charge in [-0.2, -0.15) is 5.26 Å². The van der Waals surface area contributed by atoms with Gasteiger partial charge in [-0.05, 0) is 36.8 Å². The molecule has 0 heterocycles. The van der Waals surface area contributed by atoms with Crippen molar-refractivity contribution in [1.82, 2.24) is 0 Å². The highest BCUT2D eigenvalue weighted by molar-refractivity contribution is 5.53. The van der Waals surface area contributed by atoms with Crippen molar-refractivity contribution in [1.29, 1.82) is 5.26 Å². The maximum absolute atomic E-state index is 13.6. The van der Waals surface area contributed by atoms with E-state index in [2.05, 4.69) is 5.32 Å². The summed E-state index contributed by atoms with van der Waals surface area (Å²) >= 11 is 0. The van der Waals surface area contributed by atoms with Gasteiger partial charge in [0.25, 0.3) is 6.43 Å². The molecule has 0 amide bonds. The Balaban J connectivity index is 2.34. The van der Waals surface area contributed by atoms with Gasteiger partial charge in [-0.3, -0.25) is 0 Å². The summed E-state index contributed by atoms with van der Waals surface area (Å²) in [5.74, 6) is 0.646. The molecule has 2 aromatic carbocycles. The minimum atomic E-state index is -2.88. The third kappa shape index (κ3) is 3.17. The Bertz CT molecular complexity index is 638. The number of ether oxygens (including phenoxy) is 1. The molecular weight excluding hydrogens is 286 g/mol. The summed E-state index contributed by atoms with van der Waals surface area (Å²) < 4.78 is 32.5. The van der Waals surface area contributed by atoms with Crippen LogP contribution in [0.25, 0.3) is 0 Å². The molecule has 0 saturated heterocycles. The molecule has 1 N–H and O–H groups in total. The van der Waals surface area contributed by atoms with Crippen LogP contribution < -0.4 is 10.1 Å². The van der Waals surface area contributed by atoms with Crippen LogP contribution in [0.5, 0.6) is 5.75 Å². The zero-order valence-corrected chi connectivity index (χ0v) is 12.1. The first-order valence-electron chi connectivity index (χ1n) is 6.88. The molecule has 3 nitrogen and oxygen atoms in total. The first-order chi connectivity index (χ1) is 10.6. The van der Waals surface area contributed by atoms with Crippen LogP contribution in [0.3, 0.4) is 0 Å². The van der Waals surface area contributed by atoms with Crippen LogP contribution in [-0.4, -0.2) is 13.0 Å². The number of alkyl halides is 2. The third-order valence-corrected chi connectivity index (χ3v) is 3.24. The van der Waals surface area contributed by atoms with Gasteiger partial charge in [0.05, 0.1) is 6.61 Å². The molecule has 0 aliphatic heterocycles. The predicted octanol–water partition coefficient (Wildman–Crippen LogP) is 4.18. The molecule has 5 heteroatoms. The van der Waals surface area contributed by atoms with Gasteiger partial charge in [-0.25, -0.2) is 8.78 Å². The Hall–Kier alpha value is -2.61. The summed E-state index contributed by atoms with van der Waals surface area (Å²) in [6.45, 7) is 2.38. The average molecular weight is 302 g/mol. The monoisotopic (exact) mass is 302 g/mol. The van der Waals surface area contributed by atoms with Crippen LogP contribution in [0.1, 0.15) is 12.5 Å². The number of nitrogens with zero attached hydrogens (tertiary/aromatic N) is 1. The second-order valence-electron chi connectivity index (χ2n) is 4.67. The Morgan fingerprint density at radius 2 is 1.77 bits per heavy atom. The van der Waals surface area contributed by atoms with Crippen LogP contribution in [0, 0.1) is 11.3 Å². The van der Waals surface area contributed by atoms with E-state index in [0.717, 1.165) is 0 Å². The number of halogens is 2. The van der Waals surface area contributed by atoms with Crippen molar-refractivity contribution in [3.63, 3.8) is 0 Å². The van der Waals surface area contributed by atoms with Crippen molar-refractivity contribution in [2.24, 2.45) is 0 Å². The van der Waals surface area contributed by atoms with Gasteiger partial charge >= 0.3 is 0 Å². The van der Waals surface area contributed by atoms with Gasteiger partial charge in [0.15, 0.2) is 0 Å². The van der Waals surface area contributed by atoms with Crippen molar-refractivity contribution in [2.75, 3.05) is 11.9 Å². The number of nitrogens with one attached hydrogen (secondary N) is 1. The SMILES string of the molecule is CCOc1ccc(NC(C#N)(c2ccccc2)C(F)F)cc1. The van der Waals surface area contributed by atoms with Crippen LogP contribution in [0.15, 0.2) is 54.6 Å². The fraction of sp³-hybridized carbons (Fsp3) is 0.235. The molecule has 0 radical (unpaired) electrons. The summed E-state index contributed by atoms with van der Waals surface area (Å²) in [7, 11) is 0. The highest BCUT2D eigenvalue weighted by atomic mass is 19.3. The topological polar surface area (TPSA) is 45.0 Å². The Morgan fingerprint density at radius 1 is 1.14 bits per heavy atom. The lowest BCUT2D eigenvalue weighted by atomic mass is 9.91. The zero-order chi connectivity index (χ0) is 16.0. The maximum atomic E-state index is 13.6. The van der Waals surface area contributed by atoms with Gasteiger partial charge in [0, 0.05) is 5.69 Å². The molecule has 0 fully saturated rings. The summed E-state index contributed by atoms with van der Waals surface area (Å²) in [5, 5.41) is 12.0. The molecule has 114 valence electrons. The minimum absolute atomic E-state index is 0.224. The van der Waals surface area contributed by atoms with E-state index in [4.69, 9.17) is 4.74 Å². The lowest BCUT2D eigenvalue weighted by Gasteiger charge is -2.28. The second kappa shape index (κ2) is 6.90. The van der Waals surface area contributed by atoms with Gasteiger partial charge in [0.1, 0.15) is 11.8 Å². The first kappa shape index (κ1) is 15.8. The van der Waals surface area contributed by atoms with E-state index in [9.17, 15) is 14.0 Å². The number of anilines is 1. The molecule has 1 unspecified atom stereocenters. The van der Waals surface area contributed by atoms with Crippen molar-refractivity contribution >= 4 is 5.69 Å². The van der Waals surface area contributed by atoms with E-state index in [-0.39, 0.29) is 5.56 Å². The average Bonchev–Trinajstić information content (AvgIpc) is 2.55. The van der Waals surface area contributed by atoms with E-state index in [1.165, 1.54) is 12.1 Å². The molecule has 0 bridgehead atoms. The van der Waals surface area contributed by atoms with E-state index < -0.39 is 12.0 Å². The van der Waals surface area contributed by atoms with Crippen molar-refractivity contribution in [2.45, 2.75) is 18.9 Å². The van der Waals surface area contributed by atoms with E-state index in [1.54, 1.807) is 48.5 Å². The van der Waals surface area contributed by atoms with Crippen molar-refractivity contribution < 1.29 is 13.5 Å². The maximum Gasteiger partial charge on any atom is 0.278 e. The molecule has 0 aliphatic carbocycles. The molecule has 22 heavy (non-hydrogen) atoms. The zero-order valence-electron chi connectivity index (χ0n) is 12.1. The third-order valence-electron chi connectivity index (χ3n) is 3.24. The number of benzene rings is 2. The quantitative estimate of drug-likeness (QED) is 0.870. The largest absolute Gasteiger partial charge is 0.494 e.